The number of rotatable bonds is 5. The summed E-state index contributed by atoms with van der Waals surface area (Å²) in [5, 5.41) is 13.1. The number of hydrogen-bond acceptors (Lipinski definition) is 3. The molecule has 2 N–H and O–H groups in total. The van der Waals surface area contributed by atoms with Crippen LogP contribution in [0.1, 0.15) is 37.0 Å². The Morgan fingerprint density at radius 2 is 2.06 bits per heavy atom. The van der Waals surface area contributed by atoms with E-state index < -0.39 is 6.10 Å². The van der Waals surface area contributed by atoms with Gasteiger partial charge in [-0.05, 0) is 46.6 Å². The van der Waals surface area contributed by atoms with Gasteiger partial charge in [0.05, 0.1) is 17.7 Å². The molecule has 3 nitrogen and oxygen atoms in total. The Morgan fingerprint density at radius 3 is 2.53 bits per heavy atom. The molecular formula is C13H20BrNO2. The maximum absolute atomic E-state index is 10.1. The van der Waals surface area contributed by atoms with E-state index in [0.29, 0.717) is 18.2 Å². The van der Waals surface area contributed by atoms with Crippen molar-refractivity contribution in [2.75, 3.05) is 20.7 Å². The predicted molar refractivity (Wildman–Crippen MR) is 73.7 cm³/mol. The minimum absolute atomic E-state index is 0.415. The minimum Gasteiger partial charge on any atom is -0.495 e. The van der Waals surface area contributed by atoms with Gasteiger partial charge < -0.3 is 15.2 Å². The van der Waals surface area contributed by atoms with E-state index in [9.17, 15) is 5.11 Å². The van der Waals surface area contributed by atoms with E-state index in [2.05, 4.69) is 35.1 Å². The van der Waals surface area contributed by atoms with Crippen molar-refractivity contribution in [1.82, 2.24) is 5.32 Å². The molecular weight excluding hydrogens is 282 g/mol. The zero-order valence-electron chi connectivity index (χ0n) is 10.7. The summed E-state index contributed by atoms with van der Waals surface area (Å²) in [5.41, 5.74) is 2.00. The van der Waals surface area contributed by atoms with E-state index in [1.807, 2.05) is 19.2 Å². The molecule has 96 valence electrons. The Labute approximate surface area is 111 Å². The Hall–Kier alpha value is -0.580. The molecule has 1 rings (SSSR count). The molecule has 0 aliphatic rings. The van der Waals surface area contributed by atoms with Crippen LogP contribution >= 0.6 is 15.9 Å². The molecule has 1 unspecified atom stereocenters. The zero-order chi connectivity index (χ0) is 13.0. The van der Waals surface area contributed by atoms with Gasteiger partial charge in [0.15, 0.2) is 0 Å². The van der Waals surface area contributed by atoms with Gasteiger partial charge in [-0.15, -0.1) is 0 Å². The predicted octanol–water partition coefficient (Wildman–Crippen LogP) is 2.83. The Kier molecular flexibility index (Phi) is 5.43. The van der Waals surface area contributed by atoms with Gasteiger partial charge in [0.2, 0.25) is 0 Å². The number of aliphatic hydroxyl groups is 1. The number of likely N-dealkylation sites (N-methyl/N-ethyl adjacent to an activating group) is 1. The molecule has 0 spiro atoms. The second-order valence-corrected chi connectivity index (χ2v) is 5.21. The summed E-state index contributed by atoms with van der Waals surface area (Å²) in [6.45, 7) is 4.76. The number of hydrogen-bond donors (Lipinski definition) is 2. The third kappa shape index (κ3) is 3.44. The van der Waals surface area contributed by atoms with Crippen molar-refractivity contribution in [2.45, 2.75) is 25.9 Å². The first kappa shape index (κ1) is 14.5. The summed E-state index contributed by atoms with van der Waals surface area (Å²) in [7, 11) is 3.43. The maximum atomic E-state index is 10.1. The first-order valence-corrected chi connectivity index (χ1v) is 6.50. The highest BCUT2D eigenvalue weighted by molar-refractivity contribution is 9.10. The van der Waals surface area contributed by atoms with Crippen molar-refractivity contribution < 1.29 is 9.84 Å². The van der Waals surface area contributed by atoms with Crippen LogP contribution in [-0.4, -0.2) is 25.8 Å². The largest absolute Gasteiger partial charge is 0.495 e. The van der Waals surface area contributed by atoms with Crippen molar-refractivity contribution in [3.8, 4) is 5.75 Å². The highest BCUT2D eigenvalue weighted by atomic mass is 79.9. The lowest BCUT2D eigenvalue weighted by Gasteiger charge is -2.18. The smallest absolute Gasteiger partial charge is 0.138 e. The van der Waals surface area contributed by atoms with Crippen LogP contribution in [-0.2, 0) is 0 Å². The van der Waals surface area contributed by atoms with Crippen molar-refractivity contribution in [2.24, 2.45) is 0 Å². The second kappa shape index (κ2) is 6.38. The molecule has 1 aromatic rings. The Bertz CT molecular complexity index is 380. The lowest BCUT2D eigenvalue weighted by atomic mass is 9.98. The van der Waals surface area contributed by atoms with Crippen LogP contribution < -0.4 is 10.1 Å². The van der Waals surface area contributed by atoms with Gasteiger partial charge >= 0.3 is 0 Å². The summed E-state index contributed by atoms with van der Waals surface area (Å²) < 4.78 is 6.23. The third-order valence-corrected chi connectivity index (χ3v) is 3.31. The molecule has 1 aromatic carbocycles. The third-order valence-electron chi connectivity index (χ3n) is 2.72. The SMILES string of the molecule is CNCC(O)c1cc(C(C)C)cc(Br)c1OC. The average Bonchev–Trinajstić information content (AvgIpc) is 2.28. The van der Waals surface area contributed by atoms with Gasteiger partial charge in [0.25, 0.3) is 0 Å². The molecule has 0 saturated carbocycles. The first-order chi connectivity index (χ1) is 8.01. The van der Waals surface area contributed by atoms with Crippen LogP contribution in [0.3, 0.4) is 0 Å². The molecule has 0 radical (unpaired) electrons. The minimum atomic E-state index is -0.565. The fourth-order valence-electron chi connectivity index (χ4n) is 1.74. The van der Waals surface area contributed by atoms with Crippen LogP contribution in [0.25, 0.3) is 0 Å². The van der Waals surface area contributed by atoms with Crippen molar-refractivity contribution in [3.05, 3.63) is 27.7 Å². The molecule has 17 heavy (non-hydrogen) atoms. The fourth-order valence-corrected chi connectivity index (χ4v) is 2.39. The lowest BCUT2D eigenvalue weighted by molar-refractivity contribution is 0.173. The summed E-state index contributed by atoms with van der Waals surface area (Å²) in [4.78, 5) is 0. The molecule has 0 aliphatic carbocycles. The molecule has 0 amide bonds. The van der Waals surface area contributed by atoms with Gasteiger partial charge in [0.1, 0.15) is 5.75 Å². The van der Waals surface area contributed by atoms with Crippen LogP contribution in [0.5, 0.6) is 5.75 Å². The molecule has 0 fully saturated rings. The van der Waals surface area contributed by atoms with Crippen molar-refractivity contribution in [3.63, 3.8) is 0 Å². The normalized spacial score (nSPS) is 12.9. The maximum Gasteiger partial charge on any atom is 0.138 e. The van der Waals surface area contributed by atoms with E-state index in [4.69, 9.17) is 4.74 Å². The number of methoxy groups -OCH3 is 1. The summed E-state index contributed by atoms with van der Waals surface area (Å²) in [6.07, 6.45) is -0.565. The van der Waals surface area contributed by atoms with Crippen LogP contribution in [0.15, 0.2) is 16.6 Å². The van der Waals surface area contributed by atoms with Crippen molar-refractivity contribution >= 4 is 15.9 Å². The Morgan fingerprint density at radius 1 is 1.41 bits per heavy atom. The molecule has 0 aromatic heterocycles. The number of benzene rings is 1. The highest BCUT2D eigenvalue weighted by Crippen LogP contribution is 2.36. The lowest BCUT2D eigenvalue weighted by Crippen LogP contribution is -2.17. The number of nitrogens with one attached hydrogen (secondary N) is 1. The van der Waals surface area contributed by atoms with E-state index in [0.717, 1.165) is 10.0 Å². The van der Waals surface area contributed by atoms with E-state index in [-0.39, 0.29) is 0 Å². The quantitative estimate of drug-likeness (QED) is 0.879. The molecule has 4 heteroatoms. The topological polar surface area (TPSA) is 41.5 Å². The van der Waals surface area contributed by atoms with Gasteiger partial charge in [-0.3, -0.25) is 0 Å². The van der Waals surface area contributed by atoms with Crippen LogP contribution in [0, 0.1) is 0 Å². The molecule has 0 aliphatic heterocycles. The number of aliphatic hydroxyl groups excluding tert-OH is 1. The van der Waals surface area contributed by atoms with E-state index in [1.165, 1.54) is 5.56 Å². The first-order valence-electron chi connectivity index (χ1n) is 5.71. The van der Waals surface area contributed by atoms with Crippen molar-refractivity contribution in [1.29, 1.82) is 0 Å². The van der Waals surface area contributed by atoms with Gasteiger partial charge in [-0.2, -0.15) is 0 Å². The summed E-state index contributed by atoms with van der Waals surface area (Å²) >= 11 is 3.49. The highest BCUT2D eigenvalue weighted by Gasteiger charge is 2.17. The van der Waals surface area contributed by atoms with E-state index >= 15 is 0 Å². The second-order valence-electron chi connectivity index (χ2n) is 4.35. The monoisotopic (exact) mass is 301 g/mol. The Balaban J connectivity index is 3.23. The molecule has 0 bridgehead atoms. The number of ether oxygens (including phenoxy) is 1. The zero-order valence-corrected chi connectivity index (χ0v) is 12.3. The van der Waals surface area contributed by atoms with Gasteiger partial charge in [-0.25, -0.2) is 0 Å². The number of halogens is 1. The summed E-state index contributed by atoms with van der Waals surface area (Å²) in [5.74, 6) is 1.12. The van der Waals surface area contributed by atoms with E-state index in [1.54, 1.807) is 7.11 Å². The molecule has 0 heterocycles. The standard InChI is InChI=1S/C13H20BrNO2/c1-8(2)9-5-10(12(16)7-15-3)13(17-4)11(14)6-9/h5-6,8,12,15-16H,7H2,1-4H3. The van der Waals surface area contributed by atoms with Gasteiger partial charge in [0, 0.05) is 12.1 Å². The van der Waals surface area contributed by atoms with Crippen LogP contribution in [0.2, 0.25) is 0 Å². The van der Waals surface area contributed by atoms with Gasteiger partial charge in [-0.1, -0.05) is 13.8 Å². The fraction of sp³-hybridized carbons (Fsp3) is 0.538. The molecule has 0 saturated heterocycles. The van der Waals surface area contributed by atoms with Crippen LogP contribution in [0.4, 0.5) is 0 Å². The average molecular weight is 302 g/mol. The summed E-state index contributed by atoms with van der Waals surface area (Å²) in [6, 6.07) is 4.05. The molecule has 1 atom stereocenters.